The van der Waals surface area contributed by atoms with Crippen LogP contribution in [0.15, 0.2) is 0 Å². The highest BCUT2D eigenvalue weighted by Crippen LogP contribution is 2.36. The third-order valence-corrected chi connectivity index (χ3v) is 2.52. The van der Waals surface area contributed by atoms with E-state index in [2.05, 4.69) is 6.92 Å². The molecule has 1 aliphatic rings. The standard InChI is InChI=1S/C8H14F2/c1-2-6-3-4-7(5-6)8(9)10/h6-8H,2-5H2,1H3/t6-,7?/m1/s1. The van der Waals surface area contributed by atoms with Crippen molar-refractivity contribution in [2.75, 3.05) is 0 Å². The summed E-state index contributed by atoms with van der Waals surface area (Å²) in [6.45, 7) is 2.08. The Balaban J connectivity index is 2.28. The average molecular weight is 148 g/mol. The van der Waals surface area contributed by atoms with Crippen molar-refractivity contribution in [3.8, 4) is 0 Å². The monoisotopic (exact) mass is 148 g/mol. The Bertz CT molecular complexity index is 101. The van der Waals surface area contributed by atoms with Gasteiger partial charge in [0.1, 0.15) is 0 Å². The molecule has 0 saturated heterocycles. The molecule has 1 unspecified atom stereocenters. The van der Waals surface area contributed by atoms with Crippen LogP contribution in [0.2, 0.25) is 0 Å². The Morgan fingerprint density at radius 2 is 2.10 bits per heavy atom. The lowest BCUT2D eigenvalue weighted by molar-refractivity contribution is 0.0783. The highest BCUT2D eigenvalue weighted by Gasteiger charge is 2.29. The molecule has 0 heterocycles. The number of rotatable bonds is 2. The van der Waals surface area contributed by atoms with Gasteiger partial charge in [0.25, 0.3) is 0 Å². The van der Waals surface area contributed by atoms with Crippen molar-refractivity contribution in [1.29, 1.82) is 0 Å². The predicted molar refractivity (Wildman–Crippen MR) is 37.1 cm³/mol. The smallest absolute Gasteiger partial charge is 0.210 e. The fourth-order valence-corrected chi connectivity index (χ4v) is 1.71. The maximum atomic E-state index is 12.0. The first kappa shape index (κ1) is 7.96. The number of alkyl halides is 2. The second kappa shape index (κ2) is 3.31. The Morgan fingerprint density at radius 3 is 2.40 bits per heavy atom. The molecule has 2 atom stereocenters. The van der Waals surface area contributed by atoms with E-state index in [4.69, 9.17) is 0 Å². The molecule has 0 aromatic heterocycles. The van der Waals surface area contributed by atoms with Crippen molar-refractivity contribution >= 4 is 0 Å². The summed E-state index contributed by atoms with van der Waals surface area (Å²) in [5.74, 6) is 0.295. The molecule has 0 bridgehead atoms. The summed E-state index contributed by atoms with van der Waals surface area (Å²) in [5.41, 5.74) is 0. The van der Waals surface area contributed by atoms with Crippen LogP contribution in [0.25, 0.3) is 0 Å². The number of halogens is 2. The zero-order valence-electron chi connectivity index (χ0n) is 6.32. The fraction of sp³-hybridized carbons (Fsp3) is 1.00. The molecule has 0 N–H and O–H groups in total. The minimum Gasteiger partial charge on any atom is -0.210 e. The molecule has 1 saturated carbocycles. The maximum absolute atomic E-state index is 12.0. The van der Waals surface area contributed by atoms with Crippen molar-refractivity contribution < 1.29 is 8.78 Å². The third kappa shape index (κ3) is 1.68. The number of hydrogen-bond donors (Lipinski definition) is 0. The van der Waals surface area contributed by atoms with Crippen LogP contribution in [0.5, 0.6) is 0 Å². The molecule has 60 valence electrons. The van der Waals surface area contributed by atoms with Gasteiger partial charge in [-0.25, -0.2) is 8.78 Å². The topological polar surface area (TPSA) is 0 Å². The Labute approximate surface area is 60.6 Å². The molecule has 0 aromatic rings. The lowest BCUT2D eigenvalue weighted by Gasteiger charge is -2.07. The molecule has 0 amide bonds. The van der Waals surface area contributed by atoms with Crippen molar-refractivity contribution in [3.05, 3.63) is 0 Å². The highest BCUT2D eigenvalue weighted by atomic mass is 19.3. The molecule has 0 aliphatic heterocycles. The van der Waals surface area contributed by atoms with E-state index in [1.165, 1.54) is 0 Å². The van der Waals surface area contributed by atoms with Gasteiger partial charge in [-0.1, -0.05) is 13.3 Å². The van der Waals surface area contributed by atoms with Gasteiger partial charge in [-0.15, -0.1) is 0 Å². The molecular weight excluding hydrogens is 134 g/mol. The van der Waals surface area contributed by atoms with Gasteiger partial charge in [0.15, 0.2) is 0 Å². The molecule has 2 heteroatoms. The van der Waals surface area contributed by atoms with Crippen LogP contribution in [0.3, 0.4) is 0 Å². The zero-order chi connectivity index (χ0) is 7.56. The Morgan fingerprint density at radius 1 is 1.40 bits per heavy atom. The third-order valence-electron chi connectivity index (χ3n) is 2.52. The van der Waals surface area contributed by atoms with E-state index < -0.39 is 6.43 Å². The second-order valence-electron chi connectivity index (χ2n) is 3.18. The highest BCUT2D eigenvalue weighted by molar-refractivity contribution is 4.75. The summed E-state index contributed by atoms with van der Waals surface area (Å²) in [5, 5.41) is 0. The maximum Gasteiger partial charge on any atom is 0.241 e. The van der Waals surface area contributed by atoms with E-state index in [1.807, 2.05) is 0 Å². The summed E-state index contributed by atoms with van der Waals surface area (Å²) in [4.78, 5) is 0. The van der Waals surface area contributed by atoms with Crippen LogP contribution in [0.1, 0.15) is 32.6 Å². The second-order valence-corrected chi connectivity index (χ2v) is 3.18. The van der Waals surface area contributed by atoms with Gasteiger partial charge in [0.05, 0.1) is 0 Å². The van der Waals surface area contributed by atoms with Crippen molar-refractivity contribution in [2.24, 2.45) is 11.8 Å². The van der Waals surface area contributed by atoms with E-state index in [0.29, 0.717) is 5.92 Å². The normalized spacial score (nSPS) is 33.6. The van der Waals surface area contributed by atoms with Gasteiger partial charge < -0.3 is 0 Å². The average Bonchev–Trinajstić information content (AvgIpc) is 2.34. The first-order valence-corrected chi connectivity index (χ1v) is 4.02. The summed E-state index contributed by atoms with van der Waals surface area (Å²) in [7, 11) is 0. The fourth-order valence-electron chi connectivity index (χ4n) is 1.71. The molecule has 10 heavy (non-hydrogen) atoms. The van der Waals surface area contributed by atoms with Crippen LogP contribution < -0.4 is 0 Å². The predicted octanol–water partition coefficient (Wildman–Crippen LogP) is 3.08. The summed E-state index contributed by atoms with van der Waals surface area (Å²) >= 11 is 0. The molecule has 0 nitrogen and oxygen atoms in total. The quantitative estimate of drug-likeness (QED) is 0.564. The number of hydrogen-bond acceptors (Lipinski definition) is 0. The molecule has 0 radical (unpaired) electrons. The van der Waals surface area contributed by atoms with E-state index in [0.717, 1.165) is 25.7 Å². The molecule has 1 rings (SSSR count). The van der Waals surface area contributed by atoms with Gasteiger partial charge in [0.2, 0.25) is 6.43 Å². The van der Waals surface area contributed by atoms with E-state index >= 15 is 0 Å². The molecule has 0 spiro atoms. The molecular formula is C8H14F2. The first-order chi connectivity index (χ1) is 4.74. The van der Waals surface area contributed by atoms with Crippen molar-refractivity contribution in [2.45, 2.75) is 39.0 Å². The van der Waals surface area contributed by atoms with Gasteiger partial charge in [-0.05, 0) is 25.2 Å². The van der Waals surface area contributed by atoms with Crippen LogP contribution in [-0.2, 0) is 0 Å². The van der Waals surface area contributed by atoms with E-state index in [1.54, 1.807) is 0 Å². The zero-order valence-corrected chi connectivity index (χ0v) is 6.32. The molecule has 1 aliphatic carbocycles. The summed E-state index contributed by atoms with van der Waals surface area (Å²) < 4.78 is 24.1. The van der Waals surface area contributed by atoms with E-state index in [-0.39, 0.29) is 5.92 Å². The van der Waals surface area contributed by atoms with Gasteiger partial charge in [-0.2, -0.15) is 0 Å². The first-order valence-electron chi connectivity index (χ1n) is 4.02. The lowest BCUT2D eigenvalue weighted by Crippen LogP contribution is -2.06. The largest absolute Gasteiger partial charge is 0.241 e. The van der Waals surface area contributed by atoms with Crippen LogP contribution >= 0.6 is 0 Å². The van der Waals surface area contributed by atoms with Gasteiger partial charge >= 0.3 is 0 Å². The minimum absolute atomic E-state index is 0.287. The summed E-state index contributed by atoms with van der Waals surface area (Å²) in [6, 6.07) is 0. The minimum atomic E-state index is -2.07. The Kier molecular flexibility index (Phi) is 2.64. The summed E-state index contributed by atoms with van der Waals surface area (Å²) in [6.07, 6.45) is 1.52. The van der Waals surface area contributed by atoms with Gasteiger partial charge in [0, 0.05) is 5.92 Å². The SMILES string of the molecule is CC[C@@H]1CCC(C(F)F)C1. The Hall–Kier alpha value is -0.140. The van der Waals surface area contributed by atoms with E-state index in [9.17, 15) is 8.78 Å². The van der Waals surface area contributed by atoms with Crippen molar-refractivity contribution in [1.82, 2.24) is 0 Å². The molecule has 1 fully saturated rings. The van der Waals surface area contributed by atoms with Crippen molar-refractivity contribution in [3.63, 3.8) is 0 Å². The van der Waals surface area contributed by atoms with Crippen LogP contribution in [0.4, 0.5) is 8.78 Å². The van der Waals surface area contributed by atoms with Crippen LogP contribution in [0, 0.1) is 11.8 Å². The van der Waals surface area contributed by atoms with Crippen LogP contribution in [-0.4, -0.2) is 6.43 Å². The molecule has 0 aromatic carbocycles. The van der Waals surface area contributed by atoms with Gasteiger partial charge in [-0.3, -0.25) is 0 Å². The lowest BCUT2D eigenvalue weighted by atomic mass is 10.0.